The van der Waals surface area contributed by atoms with Gasteiger partial charge in [0.2, 0.25) is 5.91 Å². The summed E-state index contributed by atoms with van der Waals surface area (Å²) in [4.78, 5) is 13.8. The fourth-order valence-corrected chi connectivity index (χ4v) is 2.49. The van der Waals surface area contributed by atoms with Gasteiger partial charge in [-0.15, -0.1) is 0 Å². The summed E-state index contributed by atoms with van der Waals surface area (Å²) in [6.07, 6.45) is 2.31. The number of amides is 1. The predicted molar refractivity (Wildman–Crippen MR) is 51.3 cm³/mol. The number of nitrogens with one attached hydrogen (secondary N) is 1. The number of nitrogens with zero attached hydrogens (tertiary/aromatic N) is 1. The van der Waals surface area contributed by atoms with Crippen molar-refractivity contribution in [3.8, 4) is 0 Å². The van der Waals surface area contributed by atoms with E-state index in [9.17, 15) is 4.79 Å². The van der Waals surface area contributed by atoms with Gasteiger partial charge in [0.05, 0.1) is 0 Å². The second-order valence-corrected chi connectivity index (χ2v) is 4.43. The van der Waals surface area contributed by atoms with Gasteiger partial charge in [-0.05, 0) is 32.7 Å². The van der Waals surface area contributed by atoms with E-state index in [4.69, 9.17) is 0 Å². The molecule has 0 aromatic carbocycles. The molecule has 0 aromatic heterocycles. The minimum Gasteiger partial charge on any atom is -0.338 e. The second-order valence-electron chi connectivity index (χ2n) is 4.43. The van der Waals surface area contributed by atoms with Crippen LogP contribution in [-0.4, -0.2) is 37.0 Å². The molecule has 0 aromatic rings. The first-order valence-corrected chi connectivity index (χ1v) is 5.17. The zero-order valence-corrected chi connectivity index (χ0v) is 8.42. The molecule has 2 bridgehead atoms. The molecule has 13 heavy (non-hydrogen) atoms. The summed E-state index contributed by atoms with van der Waals surface area (Å²) in [6.45, 7) is 4.03. The highest BCUT2D eigenvalue weighted by Crippen LogP contribution is 2.40. The number of fused-ring (bicyclic) bond motifs is 2. The van der Waals surface area contributed by atoms with Crippen LogP contribution in [0.25, 0.3) is 0 Å². The summed E-state index contributed by atoms with van der Waals surface area (Å²) in [5.41, 5.74) is 0. The van der Waals surface area contributed by atoms with Crippen LogP contribution in [0.2, 0.25) is 0 Å². The van der Waals surface area contributed by atoms with Crippen LogP contribution < -0.4 is 5.32 Å². The fourth-order valence-electron chi connectivity index (χ4n) is 2.49. The number of carbonyl (C=O) groups excluding carboxylic acids is 1. The highest BCUT2D eigenvalue weighted by Gasteiger charge is 2.44. The van der Waals surface area contributed by atoms with Gasteiger partial charge in [-0.3, -0.25) is 4.79 Å². The van der Waals surface area contributed by atoms with Crippen molar-refractivity contribution >= 4 is 5.91 Å². The van der Waals surface area contributed by atoms with Gasteiger partial charge in [-0.25, -0.2) is 0 Å². The highest BCUT2D eigenvalue weighted by molar-refractivity contribution is 5.81. The Balaban J connectivity index is 1.95. The highest BCUT2D eigenvalue weighted by atomic mass is 16.2. The third-order valence-corrected chi connectivity index (χ3v) is 3.35. The molecule has 1 atom stereocenters. The number of hydrogen-bond acceptors (Lipinski definition) is 2. The Labute approximate surface area is 79.5 Å². The Morgan fingerprint density at radius 2 is 2.31 bits per heavy atom. The van der Waals surface area contributed by atoms with Crippen LogP contribution >= 0.6 is 0 Å². The van der Waals surface area contributed by atoms with Crippen molar-refractivity contribution in [2.45, 2.75) is 25.8 Å². The molecule has 1 unspecified atom stereocenters. The van der Waals surface area contributed by atoms with Crippen molar-refractivity contribution in [2.75, 3.05) is 20.1 Å². The standard InChI is InChI=1S/C10H18N2O/c1-7(5-11-2)12-6-8-3-9(4-8)10(12)13/h7-9,11H,3-6H2,1-2H3. The van der Waals surface area contributed by atoms with E-state index in [-0.39, 0.29) is 0 Å². The normalized spacial score (nSPS) is 34.3. The van der Waals surface area contributed by atoms with Gasteiger partial charge in [0, 0.05) is 25.0 Å². The first-order chi connectivity index (χ1) is 6.22. The lowest BCUT2D eigenvalue weighted by Crippen LogP contribution is -2.57. The average Bonchev–Trinajstić information content (AvgIpc) is 2.02. The summed E-state index contributed by atoms with van der Waals surface area (Å²) in [5.74, 6) is 1.57. The van der Waals surface area contributed by atoms with E-state index in [1.54, 1.807) is 0 Å². The summed E-state index contributed by atoms with van der Waals surface area (Å²) >= 11 is 0. The summed E-state index contributed by atoms with van der Waals surface area (Å²) in [6, 6.07) is 0.364. The second kappa shape index (κ2) is 3.29. The lowest BCUT2D eigenvalue weighted by Gasteiger charge is -2.48. The van der Waals surface area contributed by atoms with Crippen molar-refractivity contribution in [2.24, 2.45) is 11.8 Å². The molecular weight excluding hydrogens is 164 g/mol. The molecule has 2 saturated heterocycles. The van der Waals surface area contributed by atoms with Gasteiger partial charge >= 0.3 is 0 Å². The molecule has 1 amide bonds. The van der Waals surface area contributed by atoms with Gasteiger partial charge in [0.25, 0.3) is 0 Å². The minimum absolute atomic E-state index is 0.364. The molecule has 3 fully saturated rings. The van der Waals surface area contributed by atoms with E-state index in [1.165, 1.54) is 0 Å². The van der Waals surface area contributed by atoms with Gasteiger partial charge in [-0.2, -0.15) is 0 Å². The molecule has 2 heterocycles. The molecule has 3 aliphatic rings. The maximum atomic E-state index is 11.8. The molecule has 1 N–H and O–H groups in total. The number of carbonyl (C=O) groups is 1. The van der Waals surface area contributed by atoms with Crippen molar-refractivity contribution in [1.82, 2.24) is 10.2 Å². The zero-order chi connectivity index (χ0) is 9.42. The Hall–Kier alpha value is -0.570. The number of piperidine rings is 2. The Morgan fingerprint density at radius 1 is 1.62 bits per heavy atom. The van der Waals surface area contributed by atoms with E-state index in [0.717, 1.165) is 31.8 Å². The van der Waals surface area contributed by atoms with Crippen LogP contribution in [0.3, 0.4) is 0 Å². The van der Waals surface area contributed by atoms with Crippen molar-refractivity contribution < 1.29 is 4.79 Å². The fraction of sp³-hybridized carbons (Fsp3) is 0.900. The smallest absolute Gasteiger partial charge is 0.225 e. The van der Waals surface area contributed by atoms with Gasteiger partial charge in [0.1, 0.15) is 0 Å². The number of rotatable bonds is 3. The van der Waals surface area contributed by atoms with E-state index in [1.807, 2.05) is 7.05 Å². The SMILES string of the molecule is CNCC(C)N1CC2CC(C2)C1=O. The molecule has 0 radical (unpaired) electrons. The predicted octanol–water partition coefficient (Wildman–Crippen LogP) is 0.463. The molecule has 74 valence electrons. The number of likely N-dealkylation sites (N-methyl/N-ethyl adjacent to an activating group) is 1. The first kappa shape index (κ1) is 9.00. The maximum absolute atomic E-state index is 11.8. The monoisotopic (exact) mass is 182 g/mol. The summed E-state index contributed by atoms with van der Waals surface area (Å²) in [5, 5.41) is 3.12. The van der Waals surface area contributed by atoms with Crippen molar-refractivity contribution in [3.05, 3.63) is 0 Å². The van der Waals surface area contributed by atoms with Crippen LogP contribution in [-0.2, 0) is 4.79 Å². The van der Waals surface area contributed by atoms with Gasteiger partial charge < -0.3 is 10.2 Å². The van der Waals surface area contributed by atoms with Crippen LogP contribution in [0.15, 0.2) is 0 Å². The van der Waals surface area contributed by atoms with E-state index < -0.39 is 0 Å². The molecule has 3 nitrogen and oxygen atoms in total. The lowest BCUT2D eigenvalue weighted by molar-refractivity contribution is -0.151. The zero-order valence-electron chi connectivity index (χ0n) is 8.42. The Kier molecular flexibility index (Phi) is 2.28. The van der Waals surface area contributed by atoms with Crippen LogP contribution in [0.1, 0.15) is 19.8 Å². The molecule has 0 spiro atoms. The van der Waals surface area contributed by atoms with Crippen LogP contribution in [0.4, 0.5) is 0 Å². The lowest BCUT2D eigenvalue weighted by atomic mass is 9.70. The Morgan fingerprint density at radius 3 is 2.85 bits per heavy atom. The van der Waals surface area contributed by atoms with Gasteiger partial charge in [0.15, 0.2) is 0 Å². The molecule has 1 saturated carbocycles. The molecule has 2 aliphatic heterocycles. The Bertz CT molecular complexity index is 211. The van der Waals surface area contributed by atoms with Gasteiger partial charge in [-0.1, -0.05) is 0 Å². The van der Waals surface area contributed by atoms with E-state index in [2.05, 4.69) is 17.1 Å². The van der Waals surface area contributed by atoms with E-state index in [0.29, 0.717) is 17.9 Å². The molecular formula is C10H18N2O. The third-order valence-electron chi connectivity index (χ3n) is 3.35. The quantitative estimate of drug-likeness (QED) is 0.688. The molecule has 1 aliphatic carbocycles. The minimum atomic E-state index is 0.364. The summed E-state index contributed by atoms with van der Waals surface area (Å²) in [7, 11) is 1.94. The maximum Gasteiger partial charge on any atom is 0.225 e. The third kappa shape index (κ3) is 1.46. The summed E-state index contributed by atoms with van der Waals surface area (Å²) < 4.78 is 0. The largest absolute Gasteiger partial charge is 0.338 e. The first-order valence-electron chi connectivity index (χ1n) is 5.17. The van der Waals surface area contributed by atoms with Crippen LogP contribution in [0, 0.1) is 11.8 Å². The topological polar surface area (TPSA) is 32.3 Å². The van der Waals surface area contributed by atoms with E-state index >= 15 is 0 Å². The van der Waals surface area contributed by atoms with Crippen molar-refractivity contribution in [3.63, 3.8) is 0 Å². The molecule has 3 rings (SSSR count). The molecule has 3 heteroatoms. The van der Waals surface area contributed by atoms with Crippen LogP contribution in [0.5, 0.6) is 0 Å². The number of hydrogen-bond donors (Lipinski definition) is 1. The average molecular weight is 182 g/mol. The van der Waals surface area contributed by atoms with Crippen molar-refractivity contribution in [1.29, 1.82) is 0 Å².